The quantitative estimate of drug-likeness (QED) is 0.579. The van der Waals surface area contributed by atoms with Crippen LogP contribution < -0.4 is 4.74 Å². The van der Waals surface area contributed by atoms with Gasteiger partial charge in [0.05, 0.1) is 18.2 Å². The highest BCUT2D eigenvalue weighted by molar-refractivity contribution is 6.32. The van der Waals surface area contributed by atoms with Gasteiger partial charge in [0.15, 0.2) is 5.69 Å². The van der Waals surface area contributed by atoms with Crippen LogP contribution in [-0.4, -0.2) is 46.7 Å². The number of hydrogen-bond acceptors (Lipinski definition) is 5. The number of rotatable bonds is 7. The number of para-hydroxylation sites is 1. The van der Waals surface area contributed by atoms with Crippen LogP contribution in [0.4, 0.5) is 0 Å². The molecule has 0 saturated heterocycles. The average Bonchev–Trinajstić information content (AvgIpc) is 3.10. The van der Waals surface area contributed by atoms with Crippen LogP contribution >= 0.6 is 11.6 Å². The third-order valence-electron chi connectivity index (χ3n) is 4.38. The minimum absolute atomic E-state index is 0.0272. The number of nitrogens with one attached hydrogen (secondary N) is 1. The highest BCUT2D eigenvalue weighted by Crippen LogP contribution is 2.24. The van der Waals surface area contributed by atoms with Crippen molar-refractivity contribution in [2.45, 2.75) is 32.7 Å². The molecule has 27 heavy (non-hydrogen) atoms. The molecule has 144 valence electrons. The van der Waals surface area contributed by atoms with Gasteiger partial charge in [-0.1, -0.05) is 23.7 Å². The van der Waals surface area contributed by atoms with Gasteiger partial charge in [-0.05, 0) is 25.5 Å². The Bertz CT molecular complexity index is 821. The van der Waals surface area contributed by atoms with E-state index in [0.717, 1.165) is 11.3 Å². The number of carbonyl (C=O) groups excluding carboxylic acids is 2. The van der Waals surface area contributed by atoms with Gasteiger partial charge in [-0.2, -0.15) is 5.10 Å². The van der Waals surface area contributed by atoms with Crippen LogP contribution in [-0.2, 0) is 22.5 Å². The standard InChI is InChI=1S/C19H22ClN3O4/c1-2-26-19(25)18-13-12-23(10-9-15(13)21-22-18)17(24)8-5-11-27-16-7-4-3-6-14(16)20/h3-4,6-7H,2,5,8-12H2,1H3,(H,21,22). The van der Waals surface area contributed by atoms with E-state index >= 15 is 0 Å². The van der Waals surface area contributed by atoms with E-state index < -0.39 is 5.97 Å². The number of benzene rings is 1. The number of aromatic nitrogens is 2. The molecule has 8 heteroatoms. The van der Waals surface area contributed by atoms with Crippen LogP contribution in [0.3, 0.4) is 0 Å². The molecule has 1 aliphatic rings. The van der Waals surface area contributed by atoms with Gasteiger partial charge in [0.25, 0.3) is 0 Å². The summed E-state index contributed by atoms with van der Waals surface area (Å²) in [5.41, 5.74) is 1.91. The van der Waals surface area contributed by atoms with Crippen molar-refractivity contribution in [1.82, 2.24) is 15.1 Å². The lowest BCUT2D eigenvalue weighted by molar-refractivity contribution is -0.132. The molecule has 1 aromatic heterocycles. The molecule has 0 spiro atoms. The first-order chi connectivity index (χ1) is 13.1. The van der Waals surface area contributed by atoms with E-state index in [-0.39, 0.29) is 18.2 Å². The Morgan fingerprint density at radius 3 is 2.93 bits per heavy atom. The van der Waals surface area contributed by atoms with Gasteiger partial charge in [0.1, 0.15) is 5.75 Å². The Balaban J connectivity index is 1.51. The fourth-order valence-electron chi connectivity index (χ4n) is 3.00. The number of esters is 1. The monoisotopic (exact) mass is 391 g/mol. The molecule has 1 aliphatic heterocycles. The molecule has 7 nitrogen and oxygen atoms in total. The summed E-state index contributed by atoms with van der Waals surface area (Å²) in [6, 6.07) is 7.25. The molecule has 1 amide bonds. The largest absolute Gasteiger partial charge is 0.492 e. The Labute approximate surface area is 162 Å². The summed E-state index contributed by atoms with van der Waals surface area (Å²) < 4.78 is 10.6. The summed E-state index contributed by atoms with van der Waals surface area (Å²) in [7, 11) is 0. The normalized spacial score (nSPS) is 13.2. The zero-order chi connectivity index (χ0) is 19.2. The number of H-pyrrole nitrogens is 1. The Morgan fingerprint density at radius 2 is 2.15 bits per heavy atom. The average molecular weight is 392 g/mol. The molecule has 1 N–H and O–H groups in total. The second-order valence-electron chi connectivity index (χ2n) is 6.20. The van der Waals surface area contributed by atoms with E-state index in [1.165, 1.54) is 0 Å². The highest BCUT2D eigenvalue weighted by atomic mass is 35.5. The minimum Gasteiger partial charge on any atom is -0.492 e. The van der Waals surface area contributed by atoms with E-state index in [2.05, 4.69) is 10.2 Å². The van der Waals surface area contributed by atoms with Crippen molar-refractivity contribution in [2.24, 2.45) is 0 Å². The number of carbonyl (C=O) groups is 2. The highest BCUT2D eigenvalue weighted by Gasteiger charge is 2.28. The lowest BCUT2D eigenvalue weighted by Gasteiger charge is -2.27. The van der Waals surface area contributed by atoms with Crippen LogP contribution in [0.2, 0.25) is 5.02 Å². The molecule has 1 aromatic carbocycles. The maximum atomic E-state index is 12.5. The van der Waals surface area contributed by atoms with Crippen LogP contribution in [0.1, 0.15) is 41.5 Å². The molecule has 2 aromatic rings. The molecule has 0 unspecified atom stereocenters. The van der Waals surface area contributed by atoms with E-state index in [0.29, 0.717) is 49.7 Å². The van der Waals surface area contributed by atoms with E-state index in [4.69, 9.17) is 21.1 Å². The van der Waals surface area contributed by atoms with E-state index in [9.17, 15) is 9.59 Å². The zero-order valence-electron chi connectivity index (χ0n) is 15.2. The summed E-state index contributed by atoms with van der Waals surface area (Å²) in [4.78, 5) is 26.3. The van der Waals surface area contributed by atoms with Crippen molar-refractivity contribution in [3.63, 3.8) is 0 Å². The molecule has 0 bridgehead atoms. The lowest BCUT2D eigenvalue weighted by atomic mass is 10.0. The Morgan fingerprint density at radius 1 is 1.33 bits per heavy atom. The van der Waals surface area contributed by atoms with Gasteiger partial charge < -0.3 is 14.4 Å². The van der Waals surface area contributed by atoms with Gasteiger partial charge in [0, 0.05) is 37.2 Å². The molecular formula is C19H22ClN3O4. The SMILES string of the molecule is CCOC(=O)c1n[nH]c2c1CN(C(=O)CCCOc1ccccc1Cl)CC2. The predicted molar refractivity (Wildman–Crippen MR) is 99.8 cm³/mol. The Hall–Kier alpha value is -2.54. The van der Waals surface area contributed by atoms with Crippen LogP contribution in [0.25, 0.3) is 0 Å². The number of nitrogens with zero attached hydrogens (tertiary/aromatic N) is 2. The smallest absolute Gasteiger partial charge is 0.359 e. The van der Waals surface area contributed by atoms with Crippen molar-refractivity contribution in [2.75, 3.05) is 19.8 Å². The maximum absolute atomic E-state index is 12.5. The second kappa shape index (κ2) is 8.90. The first-order valence-electron chi connectivity index (χ1n) is 8.98. The first-order valence-corrected chi connectivity index (χ1v) is 9.36. The maximum Gasteiger partial charge on any atom is 0.359 e. The number of amides is 1. The molecule has 0 atom stereocenters. The molecular weight excluding hydrogens is 370 g/mol. The van der Waals surface area contributed by atoms with Crippen molar-refractivity contribution in [1.29, 1.82) is 0 Å². The number of fused-ring (bicyclic) bond motifs is 1. The fraction of sp³-hybridized carbons (Fsp3) is 0.421. The number of hydrogen-bond donors (Lipinski definition) is 1. The third-order valence-corrected chi connectivity index (χ3v) is 4.70. The van der Waals surface area contributed by atoms with E-state index in [1.807, 2.05) is 12.1 Å². The molecule has 2 heterocycles. The van der Waals surface area contributed by atoms with Gasteiger partial charge in [-0.25, -0.2) is 4.79 Å². The fourth-order valence-corrected chi connectivity index (χ4v) is 3.19. The summed E-state index contributed by atoms with van der Waals surface area (Å²) in [5, 5.41) is 7.49. The number of halogens is 1. The summed E-state index contributed by atoms with van der Waals surface area (Å²) in [5.74, 6) is 0.184. The van der Waals surface area contributed by atoms with Crippen LogP contribution in [0.15, 0.2) is 24.3 Å². The van der Waals surface area contributed by atoms with Crippen molar-refractivity contribution >= 4 is 23.5 Å². The predicted octanol–water partition coefficient (Wildman–Crippen LogP) is 2.98. The number of ether oxygens (including phenoxy) is 2. The molecule has 0 saturated carbocycles. The minimum atomic E-state index is -0.461. The summed E-state index contributed by atoms with van der Waals surface area (Å²) in [6.45, 7) is 3.41. The summed E-state index contributed by atoms with van der Waals surface area (Å²) >= 11 is 6.04. The lowest BCUT2D eigenvalue weighted by Crippen LogP contribution is -2.36. The molecule has 3 rings (SSSR count). The summed E-state index contributed by atoms with van der Waals surface area (Å²) in [6.07, 6.45) is 1.60. The van der Waals surface area contributed by atoms with Crippen molar-refractivity contribution in [3.05, 3.63) is 46.2 Å². The van der Waals surface area contributed by atoms with E-state index in [1.54, 1.807) is 24.0 Å². The zero-order valence-corrected chi connectivity index (χ0v) is 15.9. The second-order valence-corrected chi connectivity index (χ2v) is 6.60. The van der Waals surface area contributed by atoms with Crippen molar-refractivity contribution < 1.29 is 19.1 Å². The molecule has 0 fully saturated rings. The number of aromatic amines is 1. The first kappa shape index (κ1) is 19.2. The van der Waals surface area contributed by atoms with Gasteiger partial charge in [-0.3, -0.25) is 9.89 Å². The molecule has 0 aliphatic carbocycles. The molecule has 0 radical (unpaired) electrons. The third kappa shape index (κ3) is 4.60. The van der Waals surface area contributed by atoms with Gasteiger partial charge >= 0.3 is 5.97 Å². The Kier molecular flexibility index (Phi) is 6.34. The van der Waals surface area contributed by atoms with Gasteiger partial charge in [0.2, 0.25) is 5.91 Å². The van der Waals surface area contributed by atoms with Crippen LogP contribution in [0, 0.1) is 0 Å². The van der Waals surface area contributed by atoms with Crippen LogP contribution in [0.5, 0.6) is 5.75 Å². The van der Waals surface area contributed by atoms with Gasteiger partial charge in [-0.15, -0.1) is 0 Å². The van der Waals surface area contributed by atoms with Crippen molar-refractivity contribution in [3.8, 4) is 5.75 Å². The topological polar surface area (TPSA) is 84.5 Å².